The molecule has 1 aliphatic rings. The van der Waals surface area contributed by atoms with E-state index >= 15 is 0 Å². The molecule has 1 aromatic heterocycles. The molecule has 1 saturated heterocycles. The fourth-order valence-corrected chi connectivity index (χ4v) is 2.44. The molecule has 1 aliphatic heterocycles. The third kappa shape index (κ3) is 3.80. The number of hydrogen-bond donors (Lipinski definition) is 1. The predicted molar refractivity (Wildman–Crippen MR) is 69.2 cm³/mol. The Balaban J connectivity index is 1.84. The summed E-state index contributed by atoms with van der Waals surface area (Å²) >= 11 is 0. The van der Waals surface area contributed by atoms with E-state index < -0.39 is 0 Å². The van der Waals surface area contributed by atoms with E-state index in [1.165, 1.54) is 12.8 Å². The zero-order chi connectivity index (χ0) is 12.8. The van der Waals surface area contributed by atoms with Gasteiger partial charge in [0.15, 0.2) is 5.76 Å². The number of rotatable bonds is 6. The first kappa shape index (κ1) is 13.5. The monoisotopic (exact) mass is 253 g/mol. The third-order valence-corrected chi connectivity index (χ3v) is 3.21. The minimum atomic E-state index is 0.378. The van der Waals surface area contributed by atoms with Crippen molar-refractivity contribution in [3.05, 3.63) is 17.5 Å². The van der Waals surface area contributed by atoms with Gasteiger partial charge in [-0.3, -0.25) is 4.90 Å². The van der Waals surface area contributed by atoms with Crippen molar-refractivity contribution in [3.63, 3.8) is 0 Å². The van der Waals surface area contributed by atoms with Gasteiger partial charge >= 0.3 is 0 Å². The van der Waals surface area contributed by atoms with E-state index in [9.17, 15) is 0 Å². The maximum Gasteiger partial charge on any atom is 0.151 e. The van der Waals surface area contributed by atoms with Crippen LogP contribution in [-0.4, -0.2) is 42.9 Å². The Labute approximate surface area is 108 Å². The van der Waals surface area contributed by atoms with E-state index in [1.54, 1.807) is 0 Å². The van der Waals surface area contributed by atoms with Crippen LogP contribution < -0.4 is 5.32 Å². The number of hydrogen-bond acceptors (Lipinski definition) is 5. The molecule has 1 aromatic rings. The van der Waals surface area contributed by atoms with Crippen LogP contribution in [0.25, 0.3) is 0 Å². The molecule has 0 bridgehead atoms. The third-order valence-electron chi connectivity index (χ3n) is 3.21. The smallest absolute Gasteiger partial charge is 0.151 e. The Morgan fingerprint density at radius 1 is 1.61 bits per heavy atom. The summed E-state index contributed by atoms with van der Waals surface area (Å²) in [5.41, 5.74) is 0.964. The van der Waals surface area contributed by atoms with Crippen LogP contribution in [0.1, 0.15) is 31.2 Å². The van der Waals surface area contributed by atoms with Crippen molar-refractivity contribution in [2.45, 2.75) is 39.0 Å². The maximum absolute atomic E-state index is 5.70. The Morgan fingerprint density at radius 3 is 3.28 bits per heavy atom. The molecular formula is C13H23N3O2. The van der Waals surface area contributed by atoms with E-state index in [0.717, 1.165) is 44.2 Å². The van der Waals surface area contributed by atoms with Crippen LogP contribution in [0.4, 0.5) is 0 Å². The number of likely N-dealkylation sites (tertiary alicyclic amines) is 1. The lowest BCUT2D eigenvalue weighted by molar-refractivity contribution is 0.00156. The molecule has 5 heteroatoms. The van der Waals surface area contributed by atoms with Crippen molar-refractivity contribution in [2.75, 3.05) is 26.7 Å². The lowest BCUT2D eigenvalue weighted by Gasteiger charge is -2.31. The molecule has 2 heterocycles. The van der Waals surface area contributed by atoms with Gasteiger partial charge in [-0.05, 0) is 33.4 Å². The van der Waals surface area contributed by atoms with Crippen molar-refractivity contribution < 1.29 is 9.26 Å². The topological polar surface area (TPSA) is 50.5 Å². The van der Waals surface area contributed by atoms with Crippen molar-refractivity contribution >= 4 is 0 Å². The zero-order valence-electron chi connectivity index (χ0n) is 11.3. The average Bonchev–Trinajstić information content (AvgIpc) is 2.78. The van der Waals surface area contributed by atoms with E-state index in [2.05, 4.69) is 22.3 Å². The van der Waals surface area contributed by atoms with Crippen molar-refractivity contribution in [1.29, 1.82) is 0 Å². The maximum atomic E-state index is 5.70. The summed E-state index contributed by atoms with van der Waals surface area (Å²) in [6.45, 7) is 6.56. The van der Waals surface area contributed by atoms with Gasteiger partial charge < -0.3 is 14.6 Å². The molecule has 0 amide bonds. The summed E-state index contributed by atoms with van der Waals surface area (Å²) in [5.74, 6) is 0.942. The molecular weight excluding hydrogens is 230 g/mol. The molecule has 1 fully saturated rings. The highest BCUT2D eigenvalue weighted by Crippen LogP contribution is 2.16. The van der Waals surface area contributed by atoms with Crippen molar-refractivity contribution in [3.8, 4) is 0 Å². The Morgan fingerprint density at radius 2 is 2.50 bits per heavy atom. The lowest BCUT2D eigenvalue weighted by atomic mass is 10.1. The molecule has 5 nitrogen and oxygen atoms in total. The molecule has 1 unspecified atom stereocenters. The molecule has 0 saturated carbocycles. The highest BCUT2D eigenvalue weighted by Gasteiger charge is 2.21. The van der Waals surface area contributed by atoms with E-state index in [1.807, 2.05) is 13.1 Å². The standard InChI is InChI=1S/C13H23N3O2/c1-3-17-12-5-4-6-16(9-12)10-13-7-11(8-14-2)15-18-13/h7,12,14H,3-6,8-10H2,1-2H3. The van der Waals surface area contributed by atoms with Crippen LogP contribution >= 0.6 is 0 Å². The largest absolute Gasteiger partial charge is 0.377 e. The second kappa shape index (κ2) is 6.87. The molecule has 1 atom stereocenters. The highest BCUT2D eigenvalue weighted by atomic mass is 16.5. The van der Waals surface area contributed by atoms with E-state index in [0.29, 0.717) is 6.10 Å². The van der Waals surface area contributed by atoms with Gasteiger partial charge in [-0.15, -0.1) is 0 Å². The summed E-state index contributed by atoms with van der Waals surface area (Å²) in [7, 11) is 1.91. The first-order valence-electron chi connectivity index (χ1n) is 6.74. The number of nitrogens with one attached hydrogen (secondary N) is 1. The molecule has 1 N–H and O–H groups in total. The minimum Gasteiger partial charge on any atom is -0.377 e. The Kier molecular flexibility index (Phi) is 5.16. The van der Waals surface area contributed by atoms with Crippen molar-refractivity contribution in [2.24, 2.45) is 0 Å². The lowest BCUT2D eigenvalue weighted by Crippen LogP contribution is -2.39. The molecule has 0 aromatic carbocycles. The summed E-state index contributed by atoms with van der Waals surface area (Å²) in [6.07, 6.45) is 2.75. The Bertz CT molecular complexity index is 352. The first-order chi connectivity index (χ1) is 8.81. The van der Waals surface area contributed by atoms with Crippen LogP contribution in [-0.2, 0) is 17.8 Å². The molecule has 0 spiro atoms. The van der Waals surface area contributed by atoms with Gasteiger partial charge in [0, 0.05) is 25.8 Å². The molecule has 18 heavy (non-hydrogen) atoms. The van der Waals surface area contributed by atoms with Crippen molar-refractivity contribution in [1.82, 2.24) is 15.4 Å². The molecule has 0 aliphatic carbocycles. The van der Waals surface area contributed by atoms with Gasteiger partial charge in [-0.25, -0.2) is 0 Å². The van der Waals surface area contributed by atoms with Gasteiger partial charge in [0.2, 0.25) is 0 Å². The van der Waals surface area contributed by atoms with Crippen LogP contribution in [0.2, 0.25) is 0 Å². The van der Waals surface area contributed by atoms with Crippen LogP contribution in [0.15, 0.2) is 10.6 Å². The fraction of sp³-hybridized carbons (Fsp3) is 0.769. The zero-order valence-corrected chi connectivity index (χ0v) is 11.3. The number of piperidine rings is 1. The number of ether oxygens (including phenoxy) is 1. The van der Waals surface area contributed by atoms with Gasteiger partial charge in [0.1, 0.15) is 0 Å². The van der Waals surface area contributed by atoms with Gasteiger partial charge in [0.05, 0.1) is 18.3 Å². The summed E-state index contributed by atoms with van der Waals surface area (Å²) in [6, 6.07) is 2.03. The SMILES string of the molecule is CCOC1CCCN(Cc2cc(CNC)no2)C1. The number of aromatic nitrogens is 1. The van der Waals surface area contributed by atoms with E-state index in [-0.39, 0.29) is 0 Å². The van der Waals surface area contributed by atoms with E-state index in [4.69, 9.17) is 9.26 Å². The highest BCUT2D eigenvalue weighted by molar-refractivity contribution is 5.05. The van der Waals surface area contributed by atoms with Gasteiger partial charge in [0.25, 0.3) is 0 Å². The van der Waals surface area contributed by atoms with Gasteiger partial charge in [-0.1, -0.05) is 5.16 Å². The normalized spacial score (nSPS) is 21.3. The quantitative estimate of drug-likeness (QED) is 0.830. The number of nitrogens with zero attached hydrogens (tertiary/aromatic N) is 2. The summed E-state index contributed by atoms with van der Waals surface area (Å²) in [4.78, 5) is 2.38. The molecule has 0 radical (unpaired) electrons. The van der Waals surface area contributed by atoms with Crippen LogP contribution in [0.5, 0.6) is 0 Å². The minimum absolute atomic E-state index is 0.378. The molecule has 102 valence electrons. The van der Waals surface area contributed by atoms with Gasteiger partial charge in [-0.2, -0.15) is 0 Å². The molecule has 2 rings (SSSR count). The first-order valence-corrected chi connectivity index (χ1v) is 6.74. The second-order valence-electron chi connectivity index (χ2n) is 4.77. The van der Waals surface area contributed by atoms with Crippen LogP contribution in [0, 0.1) is 0 Å². The average molecular weight is 253 g/mol. The van der Waals surface area contributed by atoms with Crippen LogP contribution in [0.3, 0.4) is 0 Å². The Hall–Kier alpha value is -0.910. The predicted octanol–water partition coefficient (Wildman–Crippen LogP) is 1.39. The fourth-order valence-electron chi connectivity index (χ4n) is 2.44. The summed E-state index contributed by atoms with van der Waals surface area (Å²) < 4.78 is 11.0. The second-order valence-corrected chi connectivity index (χ2v) is 4.77. The summed E-state index contributed by atoms with van der Waals surface area (Å²) in [5, 5.41) is 7.10.